The molecule has 1 aliphatic carbocycles. The lowest BCUT2D eigenvalue weighted by Crippen LogP contribution is -2.62. The number of aryl methyl sites for hydroxylation is 1. The fraction of sp³-hybridized carbons (Fsp3) is 0.455. The molecule has 5 heterocycles. The summed E-state index contributed by atoms with van der Waals surface area (Å²) in [6, 6.07) is 9.63. The first-order valence-electron chi connectivity index (χ1n) is 27.3. The Kier molecular flexibility index (Phi) is 17.6. The molecule has 0 radical (unpaired) electrons. The molecule has 9 rings (SSSR count). The predicted octanol–water partition coefficient (Wildman–Crippen LogP) is 2.37. The first-order chi connectivity index (χ1) is 39.2. The summed E-state index contributed by atoms with van der Waals surface area (Å²) in [5.74, 6) is -4.55. The molecule has 0 spiro atoms. The lowest BCUT2D eigenvalue weighted by atomic mass is 9.78. The van der Waals surface area contributed by atoms with Crippen LogP contribution in [0.2, 0.25) is 5.02 Å². The van der Waals surface area contributed by atoms with Gasteiger partial charge < -0.3 is 46.3 Å². The minimum atomic E-state index is -5.14. The molecule has 3 aliphatic heterocycles. The normalized spacial score (nSPS) is 21.9. The molecule has 2 aromatic heterocycles. The van der Waals surface area contributed by atoms with E-state index in [2.05, 4.69) is 26.3 Å². The first-order valence-corrected chi connectivity index (χ1v) is 31.1. The highest BCUT2D eigenvalue weighted by Crippen LogP contribution is 2.40. The Balaban J connectivity index is 0.892. The van der Waals surface area contributed by atoms with Gasteiger partial charge in [-0.3, -0.25) is 62.2 Å². The number of imide groups is 1. The van der Waals surface area contributed by atoms with Crippen molar-refractivity contribution in [3.63, 3.8) is 0 Å². The molecule has 25 nitrogen and oxygen atoms in total. The second-order valence-electron chi connectivity index (χ2n) is 22.1. The Bertz CT molecular complexity index is 3720. The summed E-state index contributed by atoms with van der Waals surface area (Å²) in [7, 11) is -7.14. The number of benzene rings is 3. The number of carbonyl (C=O) groups is 9. The molecule has 4 aliphatic rings. The van der Waals surface area contributed by atoms with E-state index in [1.807, 2.05) is 18.2 Å². The van der Waals surface area contributed by atoms with Gasteiger partial charge in [0.05, 0.1) is 21.0 Å². The largest absolute Gasteiger partial charge is 0.396 e. The second kappa shape index (κ2) is 24.4. The zero-order chi connectivity index (χ0) is 59.8. The highest BCUT2D eigenvalue weighted by molar-refractivity contribution is 7.90. The number of nitrogens with two attached hydrogens (primary N) is 1. The summed E-state index contributed by atoms with van der Waals surface area (Å²) in [6.45, 7) is -0.272. The minimum absolute atomic E-state index is 0.00137. The quantitative estimate of drug-likeness (QED) is 0.0461. The molecule has 4 fully saturated rings. The molecule has 9 N–H and O–H groups in total. The van der Waals surface area contributed by atoms with E-state index in [4.69, 9.17) is 17.3 Å². The molecule has 5 aromatic rings. The van der Waals surface area contributed by atoms with Crippen molar-refractivity contribution in [2.24, 2.45) is 24.6 Å². The number of carbonyl (C=O) groups excluding carboxylic acids is 9. The summed E-state index contributed by atoms with van der Waals surface area (Å²) in [5, 5.41) is 10.6. The van der Waals surface area contributed by atoms with Gasteiger partial charge in [0.2, 0.25) is 41.4 Å². The third-order valence-corrected chi connectivity index (χ3v) is 18.7. The van der Waals surface area contributed by atoms with Gasteiger partial charge in [0.25, 0.3) is 11.4 Å². The summed E-state index contributed by atoms with van der Waals surface area (Å²) < 4.78 is 38.9. The minimum Gasteiger partial charge on any atom is -0.370 e. The first kappa shape index (κ1) is 60.1. The maximum atomic E-state index is 15.0. The van der Waals surface area contributed by atoms with E-state index in [1.165, 1.54) is 56.5 Å². The van der Waals surface area contributed by atoms with Crippen molar-refractivity contribution in [3.05, 3.63) is 98.6 Å². The molecular formula is C55H64ClN10O15PS. The highest BCUT2D eigenvalue weighted by atomic mass is 35.5. The Morgan fingerprint density at radius 1 is 0.867 bits per heavy atom. The molecule has 3 saturated heterocycles. The van der Waals surface area contributed by atoms with Crippen molar-refractivity contribution in [3.8, 4) is 0 Å². The highest BCUT2D eigenvalue weighted by Gasteiger charge is 2.46. The van der Waals surface area contributed by atoms with Crippen LogP contribution in [0.1, 0.15) is 115 Å². The van der Waals surface area contributed by atoms with Gasteiger partial charge in [-0.1, -0.05) is 23.7 Å². The fourth-order valence-electron chi connectivity index (χ4n) is 12.0. The molecule has 0 bridgehead atoms. The number of aromatic amines is 1. The van der Waals surface area contributed by atoms with Crippen LogP contribution in [0.5, 0.6) is 0 Å². The van der Waals surface area contributed by atoms with Crippen molar-refractivity contribution in [2.45, 2.75) is 125 Å². The molecule has 83 heavy (non-hydrogen) atoms. The average Bonchev–Trinajstić information content (AvgIpc) is 2.94. The smallest absolute Gasteiger partial charge is 0.370 e. The Morgan fingerprint density at radius 2 is 1.59 bits per heavy atom. The van der Waals surface area contributed by atoms with Crippen LogP contribution in [0.4, 0.5) is 0 Å². The van der Waals surface area contributed by atoms with Crippen LogP contribution >= 0.6 is 19.2 Å². The number of sulfone groups is 1. The number of primary amides is 1. The number of hydrogen-bond donors (Lipinski definition) is 8. The maximum absolute atomic E-state index is 15.0. The molecule has 1 saturated carbocycles. The molecule has 1 unspecified atom stereocenters. The molecule has 28 heteroatoms. The third kappa shape index (κ3) is 13.5. The Labute approximate surface area is 480 Å². The monoisotopic (exact) mass is 1200 g/mol. The second-order valence-corrected chi connectivity index (χ2v) is 26.0. The lowest BCUT2D eigenvalue weighted by Gasteiger charge is -2.39. The van der Waals surface area contributed by atoms with Gasteiger partial charge >= 0.3 is 13.3 Å². The standard InChI is InChI=1S/C55H64ClN10O15PS/c1-63-44-23-31(7-13-41(44)66(55(63)76)43-15-18-47(68)62-52(43)73)21-29-3-5-30(6-4-29)24-48(69)64-20-19-35-10-14-42(51(72)60-38(12-17-46(57)67)49(70)58-27-32-8-16-45(36(56)22-32)83(2,80)81)65(35)53(74)40(28-64)61-50(71)39-26-34-25-33(9-11-37(34)59-39)54(75)82(77,78)79/h7-9,11,13,16,22-23,25-26,29-30,35,38,40,42-43,59H,3-6,10,12,14-15,17-21,24,27-28H2,1-2H3,(H2,57,67)(H,58,70)(H,60,72)(H,61,71)(H,62,68,73)(H2,77,78,79)/t29-,30+,35-,38+,40+,42+,43?/m1/s1. The van der Waals surface area contributed by atoms with Gasteiger partial charge in [0, 0.05) is 74.7 Å². The van der Waals surface area contributed by atoms with E-state index in [1.54, 1.807) is 11.9 Å². The topological polar surface area (TPSA) is 369 Å². The van der Waals surface area contributed by atoms with E-state index < -0.39 is 88.6 Å². The number of hydrogen-bond acceptors (Lipinski definition) is 13. The fourth-order valence-corrected chi connectivity index (χ4v) is 13.8. The van der Waals surface area contributed by atoms with E-state index in [0.29, 0.717) is 35.0 Å². The molecule has 3 aromatic carbocycles. The Hall–Kier alpha value is -7.51. The van der Waals surface area contributed by atoms with Crippen LogP contribution in [0.25, 0.3) is 21.9 Å². The van der Waals surface area contributed by atoms with Gasteiger partial charge in [-0.15, -0.1) is 0 Å². The van der Waals surface area contributed by atoms with Crippen molar-refractivity contribution < 1.29 is 65.9 Å². The third-order valence-electron chi connectivity index (χ3n) is 16.3. The van der Waals surface area contributed by atoms with Crippen molar-refractivity contribution in [1.82, 2.24) is 45.2 Å². The number of nitrogens with zero attached hydrogens (tertiary/aromatic N) is 4. The summed E-state index contributed by atoms with van der Waals surface area (Å²) in [5.41, 5.74) is 6.30. The lowest BCUT2D eigenvalue weighted by molar-refractivity contribution is -0.146. The number of halogens is 1. The summed E-state index contributed by atoms with van der Waals surface area (Å²) in [6.07, 6.45) is 5.51. The number of amides is 8. The number of fused-ring (bicyclic) bond motifs is 3. The van der Waals surface area contributed by atoms with Gasteiger partial charge in [0.15, 0.2) is 9.84 Å². The maximum Gasteiger partial charge on any atom is 0.396 e. The molecular weight excluding hydrogens is 1140 g/mol. The molecule has 5 atom stereocenters. The number of rotatable bonds is 18. The average molecular weight is 1200 g/mol. The van der Waals surface area contributed by atoms with E-state index in [9.17, 15) is 65.9 Å². The SMILES string of the molecule is Cn1c(=O)n(C2CCC(=O)NC2=O)c2ccc(C[C@H]3CC[C@@H](CC(=O)N4CC[C@H]5CC[C@@H](C(=O)N[C@@H](CCC(N)=O)C(=O)NCc6ccc(S(C)(=O)=O)c(Cl)c6)N5C(=O)[C@@H](NC(=O)c5cc6cc(C(=O)P(=O)(O)O)ccc6[nH]5)C4)CC3)cc21. The van der Waals surface area contributed by atoms with Crippen molar-refractivity contribution in [1.29, 1.82) is 0 Å². The zero-order valence-corrected chi connectivity index (χ0v) is 47.9. The van der Waals surface area contributed by atoms with Crippen LogP contribution in [0.15, 0.2) is 70.4 Å². The molecule has 442 valence electrons. The van der Waals surface area contributed by atoms with E-state index in [0.717, 1.165) is 37.5 Å². The number of imidazole rings is 1. The van der Waals surface area contributed by atoms with Gasteiger partial charge in [-0.25, -0.2) is 13.2 Å². The van der Waals surface area contributed by atoms with Crippen LogP contribution in [0.3, 0.4) is 0 Å². The van der Waals surface area contributed by atoms with Crippen LogP contribution < -0.4 is 32.7 Å². The summed E-state index contributed by atoms with van der Waals surface area (Å²) in [4.78, 5) is 159. The zero-order valence-electron chi connectivity index (χ0n) is 45.4. The number of aromatic nitrogens is 3. The predicted molar refractivity (Wildman–Crippen MR) is 300 cm³/mol. The molecule has 8 amide bonds. The number of nitrogens with one attached hydrogen (secondary N) is 5. The van der Waals surface area contributed by atoms with Gasteiger partial charge in [0.1, 0.15) is 29.9 Å². The van der Waals surface area contributed by atoms with Gasteiger partial charge in [-0.05, 0) is 136 Å². The van der Waals surface area contributed by atoms with Crippen molar-refractivity contribution >= 4 is 104 Å². The van der Waals surface area contributed by atoms with E-state index in [-0.39, 0.29) is 120 Å². The number of piperidine rings is 1. The Morgan fingerprint density at radius 3 is 2.28 bits per heavy atom. The van der Waals surface area contributed by atoms with Gasteiger partial charge in [-0.2, -0.15) is 0 Å². The van der Waals surface area contributed by atoms with Crippen LogP contribution in [-0.2, 0) is 68.0 Å². The van der Waals surface area contributed by atoms with Crippen LogP contribution in [0, 0.1) is 11.8 Å². The van der Waals surface area contributed by atoms with Crippen LogP contribution in [-0.4, -0.2) is 138 Å². The summed E-state index contributed by atoms with van der Waals surface area (Å²) >= 11 is 6.22. The number of H-pyrrole nitrogens is 1. The van der Waals surface area contributed by atoms with Crippen molar-refractivity contribution in [2.75, 3.05) is 19.3 Å². The van der Waals surface area contributed by atoms with E-state index >= 15 is 4.79 Å².